The summed E-state index contributed by atoms with van der Waals surface area (Å²) in [6.07, 6.45) is 1.22. The summed E-state index contributed by atoms with van der Waals surface area (Å²) in [7, 11) is -0.617. The van der Waals surface area contributed by atoms with E-state index < -0.39 is 10.0 Å². The molecule has 3 N–H and O–H groups in total. The van der Waals surface area contributed by atoms with E-state index in [1.54, 1.807) is 19.2 Å². The standard InChI is InChI=1S/C21H24N4O4S/c1-28-18-8-6-15(7-9-18)10-11-23-20-14-17(24-21(25-20)29-2)12-16-4-3-5-19(13-16)30(22,26)27/h3-9,13-14H,10-12H2,1-2H3,(H2,22,26,27)(H,23,24,25). The highest BCUT2D eigenvalue weighted by molar-refractivity contribution is 7.89. The van der Waals surface area contributed by atoms with Gasteiger partial charge in [0.05, 0.1) is 24.8 Å². The molecular weight excluding hydrogens is 404 g/mol. The maximum absolute atomic E-state index is 11.6. The minimum absolute atomic E-state index is 0.0684. The Kier molecular flexibility index (Phi) is 6.86. The fourth-order valence-electron chi connectivity index (χ4n) is 2.91. The highest BCUT2D eigenvalue weighted by Gasteiger charge is 2.10. The van der Waals surface area contributed by atoms with Gasteiger partial charge in [-0.05, 0) is 41.8 Å². The molecule has 0 saturated carbocycles. The lowest BCUT2D eigenvalue weighted by molar-refractivity contribution is 0.379. The van der Waals surface area contributed by atoms with Crippen LogP contribution in [0.2, 0.25) is 0 Å². The van der Waals surface area contributed by atoms with E-state index in [1.807, 2.05) is 36.4 Å². The second kappa shape index (κ2) is 9.55. The molecule has 0 bridgehead atoms. The minimum atomic E-state index is -3.76. The summed E-state index contributed by atoms with van der Waals surface area (Å²) in [5.74, 6) is 1.45. The molecule has 0 fully saturated rings. The number of aromatic nitrogens is 2. The Labute approximate surface area is 176 Å². The van der Waals surface area contributed by atoms with Crippen molar-refractivity contribution in [3.63, 3.8) is 0 Å². The molecule has 0 spiro atoms. The zero-order valence-corrected chi connectivity index (χ0v) is 17.6. The Morgan fingerprint density at radius 2 is 1.73 bits per heavy atom. The first kappa shape index (κ1) is 21.5. The van der Waals surface area contributed by atoms with E-state index >= 15 is 0 Å². The Hall–Kier alpha value is -3.17. The topological polar surface area (TPSA) is 116 Å². The molecule has 0 aliphatic carbocycles. The van der Waals surface area contributed by atoms with Crippen LogP contribution in [-0.2, 0) is 22.9 Å². The Bertz CT molecular complexity index is 1100. The lowest BCUT2D eigenvalue weighted by Gasteiger charge is -2.10. The number of methoxy groups -OCH3 is 2. The third-order valence-electron chi connectivity index (χ3n) is 4.43. The molecule has 0 radical (unpaired) electrons. The number of sulfonamides is 1. The molecule has 30 heavy (non-hydrogen) atoms. The smallest absolute Gasteiger partial charge is 0.318 e. The van der Waals surface area contributed by atoms with Gasteiger partial charge in [-0.15, -0.1) is 0 Å². The number of hydrogen-bond acceptors (Lipinski definition) is 7. The van der Waals surface area contributed by atoms with Crippen LogP contribution in [-0.4, -0.2) is 39.2 Å². The molecule has 0 saturated heterocycles. The summed E-state index contributed by atoms with van der Waals surface area (Å²) in [5.41, 5.74) is 2.64. The SMILES string of the molecule is COc1ccc(CCNc2cc(Cc3cccc(S(N)(=O)=O)c3)nc(OC)n2)cc1. The van der Waals surface area contributed by atoms with Crippen molar-refractivity contribution in [2.24, 2.45) is 5.14 Å². The Balaban J connectivity index is 1.70. The van der Waals surface area contributed by atoms with Gasteiger partial charge >= 0.3 is 6.01 Å². The molecule has 8 nitrogen and oxygen atoms in total. The number of nitrogens with zero attached hydrogens (tertiary/aromatic N) is 2. The molecular formula is C21H24N4O4S. The minimum Gasteiger partial charge on any atom is -0.497 e. The van der Waals surface area contributed by atoms with Crippen LogP contribution >= 0.6 is 0 Å². The maximum Gasteiger partial charge on any atom is 0.318 e. The number of ether oxygens (including phenoxy) is 2. The van der Waals surface area contributed by atoms with E-state index in [0.717, 1.165) is 17.7 Å². The summed E-state index contributed by atoms with van der Waals surface area (Å²) < 4.78 is 33.5. The summed E-state index contributed by atoms with van der Waals surface area (Å²) >= 11 is 0. The summed E-state index contributed by atoms with van der Waals surface area (Å²) in [4.78, 5) is 8.75. The van der Waals surface area contributed by atoms with Crippen molar-refractivity contribution in [3.8, 4) is 11.8 Å². The van der Waals surface area contributed by atoms with E-state index in [1.165, 1.54) is 18.7 Å². The van der Waals surface area contributed by atoms with Gasteiger partial charge in [0, 0.05) is 19.0 Å². The lowest BCUT2D eigenvalue weighted by atomic mass is 10.1. The van der Waals surface area contributed by atoms with Gasteiger partial charge in [-0.2, -0.15) is 9.97 Å². The molecule has 158 valence electrons. The van der Waals surface area contributed by atoms with Gasteiger partial charge in [0.2, 0.25) is 10.0 Å². The van der Waals surface area contributed by atoms with Crippen LogP contribution in [0.1, 0.15) is 16.8 Å². The van der Waals surface area contributed by atoms with Gasteiger partial charge in [0.15, 0.2) is 0 Å². The van der Waals surface area contributed by atoms with E-state index in [9.17, 15) is 8.42 Å². The second-order valence-corrected chi connectivity index (χ2v) is 8.19. The predicted octanol–water partition coefficient (Wildman–Crippen LogP) is 2.39. The number of benzene rings is 2. The number of anilines is 1. The fourth-order valence-corrected chi connectivity index (χ4v) is 3.50. The Morgan fingerprint density at radius 1 is 0.967 bits per heavy atom. The number of primary sulfonamides is 1. The molecule has 3 aromatic rings. The van der Waals surface area contributed by atoms with E-state index in [4.69, 9.17) is 14.6 Å². The number of rotatable bonds is 9. The molecule has 0 aliphatic heterocycles. The monoisotopic (exact) mass is 428 g/mol. The molecule has 3 rings (SSSR count). The van der Waals surface area contributed by atoms with Crippen LogP contribution in [0.4, 0.5) is 5.82 Å². The van der Waals surface area contributed by atoms with Crippen LogP contribution in [0.15, 0.2) is 59.5 Å². The molecule has 0 amide bonds. The van der Waals surface area contributed by atoms with Crippen LogP contribution < -0.4 is 19.9 Å². The van der Waals surface area contributed by atoms with E-state index in [2.05, 4.69) is 15.3 Å². The average molecular weight is 429 g/mol. The third kappa shape index (κ3) is 5.91. The number of nitrogens with one attached hydrogen (secondary N) is 1. The van der Waals surface area contributed by atoms with E-state index in [0.29, 0.717) is 24.5 Å². The average Bonchev–Trinajstić information content (AvgIpc) is 2.73. The summed E-state index contributed by atoms with van der Waals surface area (Å²) in [5, 5.41) is 8.50. The van der Waals surface area contributed by atoms with Gasteiger partial charge in [0.25, 0.3) is 0 Å². The highest BCUT2D eigenvalue weighted by atomic mass is 32.2. The van der Waals surface area contributed by atoms with Crippen molar-refractivity contribution < 1.29 is 17.9 Å². The highest BCUT2D eigenvalue weighted by Crippen LogP contribution is 2.18. The maximum atomic E-state index is 11.6. The number of nitrogens with two attached hydrogens (primary N) is 1. The molecule has 0 aliphatic rings. The first-order chi connectivity index (χ1) is 14.4. The molecule has 2 aromatic carbocycles. The van der Waals surface area contributed by atoms with Crippen molar-refractivity contribution >= 4 is 15.8 Å². The summed E-state index contributed by atoms with van der Waals surface area (Å²) in [6.45, 7) is 0.673. The molecule has 1 heterocycles. The predicted molar refractivity (Wildman–Crippen MR) is 114 cm³/mol. The van der Waals surface area contributed by atoms with E-state index in [-0.39, 0.29) is 10.9 Å². The van der Waals surface area contributed by atoms with Crippen LogP contribution in [0.25, 0.3) is 0 Å². The summed E-state index contributed by atoms with van der Waals surface area (Å²) in [6, 6.07) is 16.4. The van der Waals surface area contributed by atoms with Gasteiger partial charge < -0.3 is 14.8 Å². The van der Waals surface area contributed by atoms with Crippen LogP contribution in [0, 0.1) is 0 Å². The Morgan fingerprint density at radius 3 is 2.40 bits per heavy atom. The second-order valence-electron chi connectivity index (χ2n) is 6.63. The number of hydrogen-bond donors (Lipinski definition) is 2. The van der Waals surface area contributed by atoms with Crippen molar-refractivity contribution in [1.82, 2.24) is 9.97 Å². The normalized spacial score (nSPS) is 11.2. The van der Waals surface area contributed by atoms with Crippen molar-refractivity contribution in [3.05, 3.63) is 71.4 Å². The van der Waals surface area contributed by atoms with Crippen molar-refractivity contribution in [2.75, 3.05) is 26.1 Å². The van der Waals surface area contributed by atoms with Crippen molar-refractivity contribution in [2.45, 2.75) is 17.7 Å². The molecule has 1 aromatic heterocycles. The first-order valence-corrected chi connectivity index (χ1v) is 10.8. The van der Waals surface area contributed by atoms with Gasteiger partial charge in [-0.1, -0.05) is 24.3 Å². The lowest BCUT2D eigenvalue weighted by Crippen LogP contribution is -2.12. The zero-order valence-electron chi connectivity index (χ0n) is 16.8. The molecule has 0 unspecified atom stereocenters. The molecule has 0 atom stereocenters. The van der Waals surface area contributed by atoms with Gasteiger partial charge in [-0.3, -0.25) is 0 Å². The van der Waals surface area contributed by atoms with Crippen molar-refractivity contribution in [1.29, 1.82) is 0 Å². The fraction of sp³-hybridized carbons (Fsp3) is 0.238. The van der Waals surface area contributed by atoms with Crippen LogP contribution in [0.3, 0.4) is 0 Å². The zero-order chi connectivity index (χ0) is 21.6. The first-order valence-electron chi connectivity index (χ1n) is 9.28. The van der Waals surface area contributed by atoms with Gasteiger partial charge in [-0.25, -0.2) is 13.6 Å². The largest absolute Gasteiger partial charge is 0.497 e. The third-order valence-corrected chi connectivity index (χ3v) is 5.34. The van der Waals surface area contributed by atoms with Crippen LogP contribution in [0.5, 0.6) is 11.8 Å². The molecule has 9 heteroatoms. The van der Waals surface area contributed by atoms with Gasteiger partial charge in [0.1, 0.15) is 11.6 Å². The quantitative estimate of drug-likeness (QED) is 0.537.